The Morgan fingerprint density at radius 2 is 2.16 bits per heavy atom. The van der Waals surface area contributed by atoms with E-state index in [1.54, 1.807) is 11.9 Å². The van der Waals surface area contributed by atoms with Crippen molar-refractivity contribution in [1.82, 2.24) is 15.5 Å². The molecule has 2 aliphatic heterocycles. The average molecular weight is 269 g/mol. The summed E-state index contributed by atoms with van der Waals surface area (Å²) in [4.78, 5) is 24.8. The third-order valence-corrected chi connectivity index (χ3v) is 3.73. The predicted octanol–water partition coefficient (Wildman–Crippen LogP) is -0.508. The van der Waals surface area contributed by atoms with E-state index >= 15 is 0 Å². The zero-order valence-corrected chi connectivity index (χ0v) is 11.5. The largest absolute Gasteiger partial charge is 0.368 e. The third-order valence-electron chi connectivity index (χ3n) is 3.73. The zero-order chi connectivity index (χ0) is 13.7. The molecule has 0 saturated carbocycles. The first kappa shape index (κ1) is 14.3. The Bertz CT molecular complexity index is 329. The van der Waals surface area contributed by atoms with E-state index in [2.05, 4.69) is 10.6 Å². The molecule has 1 unspecified atom stereocenters. The fraction of sp³-hybridized carbons (Fsp3) is 0.846. The van der Waals surface area contributed by atoms with Crippen LogP contribution in [0.3, 0.4) is 0 Å². The SMILES string of the molecule is CN1CC(NC(=O)COC2CCNCC2)CCC1=O. The zero-order valence-electron chi connectivity index (χ0n) is 11.5. The Kier molecular flexibility index (Phi) is 5.15. The molecule has 0 aliphatic carbocycles. The number of likely N-dealkylation sites (tertiary alicyclic amines) is 1. The highest BCUT2D eigenvalue weighted by molar-refractivity contribution is 5.79. The highest BCUT2D eigenvalue weighted by atomic mass is 16.5. The molecule has 0 spiro atoms. The summed E-state index contributed by atoms with van der Waals surface area (Å²) in [6.45, 7) is 2.64. The van der Waals surface area contributed by atoms with E-state index in [-0.39, 0.29) is 30.6 Å². The average Bonchev–Trinajstić information content (AvgIpc) is 2.42. The van der Waals surface area contributed by atoms with Crippen molar-refractivity contribution < 1.29 is 14.3 Å². The van der Waals surface area contributed by atoms with E-state index in [4.69, 9.17) is 4.74 Å². The van der Waals surface area contributed by atoms with E-state index in [0.29, 0.717) is 13.0 Å². The van der Waals surface area contributed by atoms with E-state index < -0.39 is 0 Å². The van der Waals surface area contributed by atoms with Crippen molar-refractivity contribution in [3.63, 3.8) is 0 Å². The van der Waals surface area contributed by atoms with Crippen molar-refractivity contribution >= 4 is 11.8 Å². The number of carbonyl (C=O) groups is 2. The van der Waals surface area contributed by atoms with Gasteiger partial charge in [0.2, 0.25) is 11.8 Å². The van der Waals surface area contributed by atoms with Crippen molar-refractivity contribution in [2.75, 3.05) is 33.3 Å². The first-order valence-corrected chi connectivity index (χ1v) is 7.01. The molecular weight excluding hydrogens is 246 g/mol. The monoisotopic (exact) mass is 269 g/mol. The topological polar surface area (TPSA) is 70.7 Å². The minimum Gasteiger partial charge on any atom is -0.368 e. The summed E-state index contributed by atoms with van der Waals surface area (Å²) in [5.74, 6) is 0.0720. The second-order valence-electron chi connectivity index (χ2n) is 5.34. The Morgan fingerprint density at radius 3 is 2.84 bits per heavy atom. The number of rotatable bonds is 4. The van der Waals surface area contributed by atoms with Gasteiger partial charge in [-0.3, -0.25) is 9.59 Å². The number of carbonyl (C=O) groups excluding carboxylic acids is 2. The van der Waals surface area contributed by atoms with Gasteiger partial charge in [-0.05, 0) is 32.4 Å². The predicted molar refractivity (Wildman–Crippen MR) is 70.6 cm³/mol. The molecule has 1 atom stereocenters. The van der Waals surface area contributed by atoms with Gasteiger partial charge in [-0.15, -0.1) is 0 Å². The lowest BCUT2D eigenvalue weighted by atomic mass is 10.1. The van der Waals surface area contributed by atoms with Crippen LogP contribution in [-0.2, 0) is 14.3 Å². The maximum absolute atomic E-state index is 11.8. The molecule has 6 heteroatoms. The molecule has 2 amide bonds. The summed E-state index contributed by atoms with van der Waals surface area (Å²) in [7, 11) is 1.77. The number of piperidine rings is 2. The van der Waals surface area contributed by atoms with Crippen LogP contribution in [-0.4, -0.2) is 62.1 Å². The fourth-order valence-corrected chi connectivity index (χ4v) is 2.56. The van der Waals surface area contributed by atoms with Gasteiger partial charge in [-0.2, -0.15) is 0 Å². The van der Waals surface area contributed by atoms with Gasteiger partial charge in [0, 0.05) is 26.1 Å². The maximum atomic E-state index is 11.8. The molecule has 2 saturated heterocycles. The van der Waals surface area contributed by atoms with Gasteiger partial charge in [0.05, 0.1) is 6.10 Å². The van der Waals surface area contributed by atoms with Crippen molar-refractivity contribution in [3.05, 3.63) is 0 Å². The smallest absolute Gasteiger partial charge is 0.246 e. The fourth-order valence-electron chi connectivity index (χ4n) is 2.56. The van der Waals surface area contributed by atoms with Crippen molar-refractivity contribution in [2.24, 2.45) is 0 Å². The molecule has 0 bridgehead atoms. The van der Waals surface area contributed by atoms with Crippen LogP contribution in [0.25, 0.3) is 0 Å². The molecule has 0 aromatic rings. The Balaban J connectivity index is 1.65. The van der Waals surface area contributed by atoms with Gasteiger partial charge in [0.1, 0.15) is 6.61 Å². The summed E-state index contributed by atoms with van der Waals surface area (Å²) in [6.07, 6.45) is 3.36. The van der Waals surface area contributed by atoms with E-state index in [9.17, 15) is 9.59 Å². The van der Waals surface area contributed by atoms with Crippen molar-refractivity contribution in [3.8, 4) is 0 Å². The second-order valence-corrected chi connectivity index (χ2v) is 5.34. The molecule has 6 nitrogen and oxygen atoms in total. The van der Waals surface area contributed by atoms with Gasteiger partial charge < -0.3 is 20.3 Å². The number of ether oxygens (including phenoxy) is 1. The molecule has 0 aromatic heterocycles. The Labute approximate surface area is 113 Å². The van der Waals surface area contributed by atoms with Crippen LogP contribution in [0.4, 0.5) is 0 Å². The second kappa shape index (κ2) is 6.86. The van der Waals surface area contributed by atoms with Crippen LogP contribution >= 0.6 is 0 Å². The van der Waals surface area contributed by atoms with E-state index in [1.165, 1.54) is 0 Å². The standard InChI is InChI=1S/C13H23N3O3/c1-16-8-10(2-3-13(16)18)15-12(17)9-19-11-4-6-14-7-5-11/h10-11,14H,2-9H2,1H3,(H,15,17). The summed E-state index contributed by atoms with van der Waals surface area (Å²) in [6, 6.07) is 0.0619. The van der Waals surface area contributed by atoms with Crippen LogP contribution in [0.1, 0.15) is 25.7 Å². The molecule has 0 aromatic carbocycles. The number of hydrogen-bond acceptors (Lipinski definition) is 4. The highest BCUT2D eigenvalue weighted by Gasteiger charge is 2.24. The molecule has 19 heavy (non-hydrogen) atoms. The molecular formula is C13H23N3O3. The normalized spacial score (nSPS) is 25.4. The molecule has 2 fully saturated rings. The number of hydrogen-bond donors (Lipinski definition) is 2. The van der Waals surface area contributed by atoms with Gasteiger partial charge in [0.25, 0.3) is 0 Å². The third kappa shape index (κ3) is 4.47. The number of nitrogens with one attached hydrogen (secondary N) is 2. The first-order valence-electron chi connectivity index (χ1n) is 7.01. The molecule has 2 rings (SSSR count). The quantitative estimate of drug-likeness (QED) is 0.721. The van der Waals surface area contributed by atoms with Crippen LogP contribution < -0.4 is 10.6 Å². The van der Waals surface area contributed by atoms with Crippen LogP contribution in [0.2, 0.25) is 0 Å². The minimum absolute atomic E-state index is 0.0619. The molecule has 108 valence electrons. The number of likely N-dealkylation sites (N-methyl/N-ethyl adjacent to an activating group) is 1. The number of amides is 2. The van der Waals surface area contributed by atoms with Crippen molar-refractivity contribution in [1.29, 1.82) is 0 Å². The van der Waals surface area contributed by atoms with Crippen LogP contribution in [0.5, 0.6) is 0 Å². The van der Waals surface area contributed by atoms with Crippen molar-refractivity contribution in [2.45, 2.75) is 37.8 Å². The van der Waals surface area contributed by atoms with Crippen LogP contribution in [0.15, 0.2) is 0 Å². The summed E-state index contributed by atoms with van der Waals surface area (Å²) < 4.78 is 5.60. The van der Waals surface area contributed by atoms with E-state index in [1.807, 2.05) is 0 Å². The molecule has 0 radical (unpaired) electrons. The van der Waals surface area contributed by atoms with Gasteiger partial charge >= 0.3 is 0 Å². The minimum atomic E-state index is -0.0775. The van der Waals surface area contributed by atoms with E-state index in [0.717, 1.165) is 32.4 Å². The van der Waals surface area contributed by atoms with Gasteiger partial charge in [0.15, 0.2) is 0 Å². The summed E-state index contributed by atoms with van der Waals surface area (Å²) >= 11 is 0. The molecule has 2 heterocycles. The Morgan fingerprint density at radius 1 is 1.42 bits per heavy atom. The van der Waals surface area contributed by atoms with Gasteiger partial charge in [-0.1, -0.05) is 0 Å². The number of nitrogens with zero attached hydrogens (tertiary/aromatic N) is 1. The maximum Gasteiger partial charge on any atom is 0.246 e. The highest BCUT2D eigenvalue weighted by Crippen LogP contribution is 2.10. The molecule has 2 aliphatic rings. The lowest BCUT2D eigenvalue weighted by Gasteiger charge is -2.30. The van der Waals surface area contributed by atoms with Gasteiger partial charge in [-0.25, -0.2) is 0 Å². The lowest BCUT2D eigenvalue weighted by Crippen LogP contribution is -2.49. The Hall–Kier alpha value is -1.14. The lowest BCUT2D eigenvalue weighted by molar-refractivity contribution is -0.135. The summed E-state index contributed by atoms with van der Waals surface area (Å²) in [5.41, 5.74) is 0. The molecule has 2 N–H and O–H groups in total. The first-order chi connectivity index (χ1) is 9.15. The summed E-state index contributed by atoms with van der Waals surface area (Å²) in [5, 5.41) is 6.19. The van der Waals surface area contributed by atoms with Crippen LogP contribution in [0, 0.1) is 0 Å².